The highest BCUT2D eigenvalue weighted by Crippen LogP contribution is 2.28. The second kappa shape index (κ2) is 6.77. The molecular weight excluding hydrogens is 302 g/mol. The third-order valence-corrected chi connectivity index (χ3v) is 4.27. The van der Waals surface area contributed by atoms with E-state index in [0.717, 1.165) is 9.88 Å². The number of rotatable bonds is 5. The predicted octanol–water partition coefficient (Wildman–Crippen LogP) is 4.38. The molecule has 22 heavy (non-hydrogen) atoms. The van der Waals surface area contributed by atoms with Gasteiger partial charge in [-0.2, -0.15) is 0 Å². The van der Waals surface area contributed by atoms with Gasteiger partial charge >= 0.3 is 0 Å². The van der Waals surface area contributed by atoms with Gasteiger partial charge in [0.2, 0.25) is 0 Å². The first kappa shape index (κ1) is 14.8. The van der Waals surface area contributed by atoms with Gasteiger partial charge in [0.15, 0.2) is 0 Å². The molecule has 0 fully saturated rings. The molecule has 0 aliphatic carbocycles. The highest BCUT2D eigenvalue weighted by molar-refractivity contribution is 7.15. The van der Waals surface area contributed by atoms with Crippen LogP contribution in [0.4, 0.5) is 8.78 Å². The molecule has 0 saturated carbocycles. The van der Waals surface area contributed by atoms with E-state index >= 15 is 0 Å². The number of hydrogen-bond donors (Lipinski definition) is 1. The summed E-state index contributed by atoms with van der Waals surface area (Å²) in [5.74, 6) is -0.474. The Morgan fingerprint density at radius 3 is 2.41 bits per heavy atom. The second-order valence-corrected chi connectivity index (χ2v) is 5.91. The van der Waals surface area contributed by atoms with Crippen LogP contribution in [0, 0.1) is 11.6 Å². The van der Waals surface area contributed by atoms with Gasteiger partial charge in [0, 0.05) is 30.4 Å². The van der Waals surface area contributed by atoms with Crippen molar-refractivity contribution < 1.29 is 8.78 Å². The van der Waals surface area contributed by atoms with Crippen LogP contribution in [0.5, 0.6) is 0 Å². The molecule has 0 bridgehead atoms. The topological polar surface area (TPSA) is 24.9 Å². The lowest BCUT2D eigenvalue weighted by atomic mass is 10.2. The molecule has 112 valence electrons. The minimum atomic E-state index is -0.253. The number of nitrogens with zero attached hydrogens (tertiary/aromatic N) is 1. The summed E-state index contributed by atoms with van der Waals surface area (Å²) in [6.07, 6.45) is 1.67. The zero-order valence-corrected chi connectivity index (χ0v) is 12.5. The maximum atomic E-state index is 13.7. The largest absolute Gasteiger partial charge is 0.306 e. The SMILES string of the molecule is Fc1ccccc1CNCc1ncc(-c2ccccc2F)s1. The van der Waals surface area contributed by atoms with Crippen molar-refractivity contribution in [3.8, 4) is 10.4 Å². The van der Waals surface area contributed by atoms with Gasteiger partial charge in [0.05, 0.1) is 4.88 Å². The number of aromatic nitrogens is 1. The summed E-state index contributed by atoms with van der Waals surface area (Å²) in [7, 11) is 0. The van der Waals surface area contributed by atoms with Gasteiger partial charge in [-0.25, -0.2) is 13.8 Å². The van der Waals surface area contributed by atoms with Gasteiger partial charge in [0.25, 0.3) is 0 Å². The summed E-state index contributed by atoms with van der Waals surface area (Å²) in [5.41, 5.74) is 1.17. The quantitative estimate of drug-likeness (QED) is 0.755. The molecule has 1 N–H and O–H groups in total. The molecule has 5 heteroatoms. The Balaban J connectivity index is 1.63. The van der Waals surface area contributed by atoms with Crippen molar-refractivity contribution in [2.45, 2.75) is 13.1 Å². The summed E-state index contributed by atoms with van der Waals surface area (Å²) < 4.78 is 27.2. The van der Waals surface area contributed by atoms with E-state index < -0.39 is 0 Å². The number of nitrogens with one attached hydrogen (secondary N) is 1. The van der Waals surface area contributed by atoms with Crippen LogP contribution in [0.1, 0.15) is 10.6 Å². The van der Waals surface area contributed by atoms with E-state index in [1.54, 1.807) is 42.6 Å². The van der Waals surface area contributed by atoms with Crippen LogP contribution in [-0.2, 0) is 13.1 Å². The van der Waals surface area contributed by atoms with Gasteiger partial charge in [-0.3, -0.25) is 0 Å². The number of hydrogen-bond acceptors (Lipinski definition) is 3. The molecule has 1 aromatic heterocycles. The Labute approximate surface area is 131 Å². The molecule has 0 amide bonds. The number of benzene rings is 2. The van der Waals surface area contributed by atoms with E-state index in [9.17, 15) is 8.78 Å². The van der Waals surface area contributed by atoms with Crippen molar-refractivity contribution >= 4 is 11.3 Å². The molecule has 0 aliphatic heterocycles. The molecule has 2 aromatic carbocycles. The smallest absolute Gasteiger partial charge is 0.131 e. The van der Waals surface area contributed by atoms with Gasteiger partial charge in [-0.15, -0.1) is 11.3 Å². The maximum Gasteiger partial charge on any atom is 0.131 e. The van der Waals surface area contributed by atoms with Crippen molar-refractivity contribution in [1.82, 2.24) is 10.3 Å². The monoisotopic (exact) mass is 316 g/mol. The van der Waals surface area contributed by atoms with E-state index in [1.165, 1.54) is 23.5 Å². The van der Waals surface area contributed by atoms with Crippen molar-refractivity contribution in [3.63, 3.8) is 0 Å². The normalized spacial score (nSPS) is 10.8. The molecule has 0 saturated heterocycles. The molecule has 0 spiro atoms. The first-order chi connectivity index (χ1) is 10.7. The number of halogens is 2. The lowest BCUT2D eigenvalue weighted by Gasteiger charge is -2.03. The van der Waals surface area contributed by atoms with Crippen LogP contribution >= 0.6 is 11.3 Å². The first-order valence-corrected chi connectivity index (χ1v) is 7.69. The molecular formula is C17H14F2N2S. The molecule has 3 rings (SSSR count). The molecule has 0 aliphatic rings. The summed E-state index contributed by atoms with van der Waals surface area (Å²) in [4.78, 5) is 5.08. The van der Waals surface area contributed by atoms with E-state index in [1.807, 2.05) is 0 Å². The lowest BCUT2D eigenvalue weighted by Crippen LogP contribution is -2.13. The minimum Gasteiger partial charge on any atom is -0.306 e. The fourth-order valence-corrected chi connectivity index (χ4v) is 3.04. The highest BCUT2D eigenvalue weighted by atomic mass is 32.1. The Bertz CT molecular complexity index is 771. The van der Waals surface area contributed by atoms with Crippen LogP contribution in [0.3, 0.4) is 0 Å². The summed E-state index contributed by atoms with van der Waals surface area (Å²) in [5, 5.41) is 3.99. The third-order valence-electron chi connectivity index (χ3n) is 3.24. The van der Waals surface area contributed by atoms with Crippen molar-refractivity contribution in [2.75, 3.05) is 0 Å². The van der Waals surface area contributed by atoms with Crippen LogP contribution in [0.2, 0.25) is 0 Å². The standard InChI is InChI=1S/C17H14F2N2S/c18-14-7-3-1-5-12(14)9-20-11-17-21-10-16(22-17)13-6-2-4-8-15(13)19/h1-8,10,20H,9,11H2. The minimum absolute atomic E-state index is 0.221. The third kappa shape index (κ3) is 3.37. The molecule has 0 unspecified atom stereocenters. The summed E-state index contributed by atoms with van der Waals surface area (Å²) in [6.45, 7) is 0.953. The zero-order chi connectivity index (χ0) is 15.4. The van der Waals surface area contributed by atoms with E-state index in [0.29, 0.717) is 24.2 Å². The van der Waals surface area contributed by atoms with Crippen LogP contribution < -0.4 is 5.32 Å². The lowest BCUT2D eigenvalue weighted by molar-refractivity contribution is 0.587. The van der Waals surface area contributed by atoms with Crippen molar-refractivity contribution in [1.29, 1.82) is 0 Å². The first-order valence-electron chi connectivity index (χ1n) is 6.88. The summed E-state index contributed by atoms with van der Waals surface area (Å²) >= 11 is 1.43. The predicted molar refractivity (Wildman–Crippen MR) is 84.5 cm³/mol. The number of thiazole rings is 1. The highest BCUT2D eigenvalue weighted by Gasteiger charge is 2.08. The Hall–Kier alpha value is -2.11. The van der Waals surface area contributed by atoms with Crippen LogP contribution in [0.25, 0.3) is 10.4 Å². The van der Waals surface area contributed by atoms with Gasteiger partial charge in [0.1, 0.15) is 16.6 Å². The molecule has 0 atom stereocenters. The Kier molecular flexibility index (Phi) is 4.56. The second-order valence-electron chi connectivity index (χ2n) is 4.79. The molecule has 2 nitrogen and oxygen atoms in total. The van der Waals surface area contributed by atoms with Gasteiger partial charge < -0.3 is 5.32 Å². The zero-order valence-electron chi connectivity index (χ0n) is 11.7. The molecule has 1 heterocycles. The fourth-order valence-electron chi connectivity index (χ4n) is 2.12. The van der Waals surface area contributed by atoms with E-state index in [-0.39, 0.29) is 11.6 Å². The van der Waals surface area contributed by atoms with Gasteiger partial charge in [-0.1, -0.05) is 36.4 Å². The van der Waals surface area contributed by atoms with Crippen molar-refractivity contribution in [3.05, 3.63) is 76.9 Å². The van der Waals surface area contributed by atoms with Crippen LogP contribution in [-0.4, -0.2) is 4.98 Å². The maximum absolute atomic E-state index is 13.7. The Morgan fingerprint density at radius 1 is 0.909 bits per heavy atom. The van der Waals surface area contributed by atoms with Gasteiger partial charge in [-0.05, 0) is 12.1 Å². The molecule has 3 aromatic rings. The molecule has 0 radical (unpaired) electrons. The van der Waals surface area contributed by atoms with E-state index in [2.05, 4.69) is 10.3 Å². The fraction of sp³-hybridized carbons (Fsp3) is 0.118. The average molecular weight is 316 g/mol. The average Bonchev–Trinajstić information content (AvgIpc) is 2.98. The van der Waals surface area contributed by atoms with Crippen LogP contribution in [0.15, 0.2) is 54.7 Å². The summed E-state index contributed by atoms with van der Waals surface area (Å²) in [6, 6.07) is 13.3. The van der Waals surface area contributed by atoms with E-state index in [4.69, 9.17) is 0 Å². The van der Waals surface area contributed by atoms with Crippen molar-refractivity contribution in [2.24, 2.45) is 0 Å². The Morgan fingerprint density at radius 2 is 1.64 bits per heavy atom.